The first kappa shape index (κ1) is 16.5. The van der Waals surface area contributed by atoms with E-state index < -0.39 is 0 Å². The molecule has 1 aromatic heterocycles. The molecule has 1 heterocycles. The highest BCUT2D eigenvalue weighted by Crippen LogP contribution is 2.30. The molecule has 0 saturated carbocycles. The maximum absolute atomic E-state index is 5.00. The molecule has 0 fully saturated rings. The molecule has 0 atom stereocenters. The van der Waals surface area contributed by atoms with Crippen LogP contribution in [-0.2, 0) is 7.05 Å². The molecular weight excluding hydrogens is 340 g/mol. The van der Waals surface area contributed by atoms with Gasteiger partial charge in [0.1, 0.15) is 0 Å². The van der Waals surface area contributed by atoms with Crippen LogP contribution in [0.4, 0.5) is 5.69 Å². The number of benzene rings is 4. The normalized spacial score (nSPS) is 12.0. The zero-order chi connectivity index (χ0) is 18.9. The zero-order valence-corrected chi connectivity index (χ0v) is 15.7. The smallest absolute Gasteiger partial charge is 0.0781 e. The number of aliphatic imine (C=N–C) groups is 1. The van der Waals surface area contributed by atoms with Crippen LogP contribution in [0, 0.1) is 0 Å². The minimum Gasteiger partial charge on any atom is -0.344 e. The van der Waals surface area contributed by atoms with Gasteiger partial charge in [0, 0.05) is 40.0 Å². The molecule has 0 N–H and O–H groups in total. The van der Waals surface area contributed by atoms with E-state index in [2.05, 4.69) is 78.3 Å². The van der Waals surface area contributed by atoms with E-state index >= 15 is 0 Å². The maximum atomic E-state index is 5.00. The van der Waals surface area contributed by atoms with Crippen molar-refractivity contribution in [2.75, 3.05) is 0 Å². The molecule has 2 nitrogen and oxygen atoms in total. The third kappa shape index (κ3) is 2.80. The SMILES string of the molecule is Cn1c2ccccc2c2cc(C(=Nc3ccccc3)c3ccccc3)ccc21. The third-order valence-electron chi connectivity index (χ3n) is 5.23. The average Bonchev–Trinajstić information content (AvgIpc) is 3.05. The second kappa shape index (κ2) is 6.82. The van der Waals surface area contributed by atoms with Crippen molar-refractivity contribution in [3.63, 3.8) is 0 Å². The molecule has 0 unspecified atom stereocenters. The van der Waals surface area contributed by atoms with Gasteiger partial charge < -0.3 is 4.57 Å². The highest BCUT2D eigenvalue weighted by Gasteiger charge is 2.12. The van der Waals surface area contributed by atoms with Gasteiger partial charge in [-0.25, -0.2) is 4.99 Å². The summed E-state index contributed by atoms with van der Waals surface area (Å²) < 4.78 is 2.25. The molecule has 0 saturated heterocycles. The molecule has 0 aliphatic rings. The first-order valence-corrected chi connectivity index (χ1v) is 9.48. The maximum Gasteiger partial charge on any atom is 0.0781 e. The lowest BCUT2D eigenvalue weighted by Crippen LogP contribution is -2.03. The highest BCUT2D eigenvalue weighted by atomic mass is 14.9. The fourth-order valence-corrected chi connectivity index (χ4v) is 3.84. The van der Waals surface area contributed by atoms with Gasteiger partial charge in [0.2, 0.25) is 0 Å². The molecule has 0 aliphatic carbocycles. The minimum absolute atomic E-state index is 0.958. The van der Waals surface area contributed by atoms with Crippen molar-refractivity contribution in [3.8, 4) is 0 Å². The lowest BCUT2D eigenvalue weighted by Gasteiger charge is -2.09. The molecule has 134 valence electrons. The second-order valence-electron chi connectivity index (χ2n) is 6.97. The molecule has 5 aromatic rings. The van der Waals surface area contributed by atoms with Crippen LogP contribution in [0.1, 0.15) is 11.1 Å². The van der Waals surface area contributed by atoms with Crippen molar-refractivity contribution in [1.82, 2.24) is 4.57 Å². The van der Waals surface area contributed by atoms with Crippen LogP contribution in [0.5, 0.6) is 0 Å². The van der Waals surface area contributed by atoms with E-state index in [4.69, 9.17) is 4.99 Å². The summed E-state index contributed by atoms with van der Waals surface area (Å²) in [4.78, 5) is 5.00. The van der Waals surface area contributed by atoms with E-state index in [9.17, 15) is 0 Å². The summed E-state index contributed by atoms with van der Waals surface area (Å²) in [7, 11) is 2.13. The number of nitrogens with zero attached hydrogens (tertiary/aromatic N) is 2. The summed E-state index contributed by atoms with van der Waals surface area (Å²) in [5, 5.41) is 2.53. The average molecular weight is 360 g/mol. The van der Waals surface area contributed by atoms with Gasteiger partial charge in [-0.3, -0.25) is 0 Å². The van der Waals surface area contributed by atoms with Crippen molar-refractivity contribution in [2.24, 2.45) is 12.0 Å². The first-order chi connectivity index (χ1) is 13.8. The standard InChI is InChI=1S/C26H20N2/c1-28-24-15-9-8-14-22(24)23-18-20(16-17-25(23)28)26(19-10-4-2-5-11-19)27-21-12-6-3-7-13-21/h2-18H,1H3. The number of hydrogen-bond donors (Lipinski definition) is 0. The summed E-state index contributed by atoms with van der Waals surface area (Å²) in [6, 6.07) is 35.8. The van der Waals surface area contributed by atoms with Crippen LogP contribution >= 0.6 is 0 Å². The Labute approximate surface area is 164 Å². The zero-order valence-electron chi connectivity index (χ0n) is 15.7. The third-order valence-corrected chi connectivity index (χ3v) is 5.23. The molecule has 5 rings (SSSR count). The molecule has 4 aromatic carbocycles. The Morgan fingerprint density at radius 2 is 1.25 bits per heavy atom. The van der Waals surface area contributed by atoms with Crippen molar-refractivity contribution in [1.29, 1.82) is 0 Å². The number of fused-ring (bicyclic) bond motifs is 3. The van der Waals surface area contributed by atoms with E-state index in [0.29, 0.717) is 0 Å². The number of para-hydroxylation sites is 2. The molecule has 2 heteroatoms. The van der Waals surface area contributed by atoms with Gasteiger partial charge in [0.15, 0.2) is 0 Å². The summed E-state index contributed by atoms with van der Waals surface area (Å²) in [5.74, 6) is 0. The quantitative estimate of drug-likeness (QED) is 0.327. The largest absolute Gasteiger partial charge is 0.344 e. The molecule has 0 spiro atoms. The fourth-order valence-electron chi connectivity index (χ4n) is 3.84. The van der Waals surface area contributed by atoms with Gasteiger partial charge in [0.25, 0.3) is 0 Å². The van der Waals surface area contributed by atoms with Crippen molar-refractivity contribution < 1.29 is 0 Å². The Hall–Kier alpha value is -3.65. The van der Waals surface area contributed by atoms with E-state index in [1.807, 2.05) is 36.4 Å². The number of rotatable bonds is 3. The first-order valence-electron chi connectivity index (χ1n) is 9.48. The Balaban J connectivity index is 1.76. The summed E-state index contributed by atoms with van der Waals surface area (Å²) in [6.07, 6.45) is 0. The van der Waals surface area contributed by atoms with Crippen molar-refractivity contribution in [2.45, 2.75) is 0 Å². The Morgan fingerprint density at radius 3 is 2.04 bits per heavy atom. The molecule has 28 heavy (non-hydrogen) atoms. The van der Waals surface area contributed by atoms with E-state index in [1.54, 1.807) is 0 Å². The molecule has 0 radical (unpaired) electrons. The van der Waals surface area contributed by atoms with Crippen LogP contribution < -0.4 is 0 Å². The van der Waals surface area contributed by atoms with Gasteiger partial charge in [-0.1, -0.05) is 72.8 Å². The second-order valence-corrected chi connectivity index (χ2v) is 6.97. The molecule has 0 bridgehead atoms. The molecule has 0 amide bonds. The van der Waals surface area contributed by atoms with Crippen LogP contribution in [0.15, 0.2) is 108 Å². The molecule has 0 aliphatic heterocycles. The predicted molar refractivity (Wildman–Crippen MR) is 119 cm³/mol. The van der Waals surface area contributed by atoms with E-state index in [-0.39, 0.29) is 0 Å². The summed E-state index contributed by atoms with van der Waals surface area (Å²) in [5.41, 5.74) is 6.67. The lowest BCUT2D eigenvalue weighted by atomic mass is 10.00. The topological polar surface area (TPSA) is 17.3 Å². The number of aromatic nitrogens is 1. The minimum atomic E-state index is 0.958. The number of aryl methyl sites for hydroxylation is 1. The van der Waals surface area contributed by atoms with Gasteiger partial charge in [-0.15, -0.1) is 0 Å². The Morgan fingerprint density at radius 1 is 0.607 bits per heavy atom. The van der Waals surface area contributed by atoms with Gasteiger partial charge in [-0.2, -0.15) is 0 Å². The van der Waals surface area contributed by atoms with Gasteiger partial charge >= 0.3 is 0 Å². The van der Waals surface area contributed by atoms with Crippen LogP contribution in [0.3, 0.4) is 0 Å². The van der Waals surface area contributed by atoms with E-state index in [1.165, 1.54) is 21.8 Å². The van der Waals surface area contributed by atoms with Gasteiger partial charge in [-0.05, 0) is 30.3 Å². The van der Waals surface area contributed by atoms with Crippen molar-refractivity contribution >= 4 is 33.2 Å². The van der Waals surface area contributed by atoms with Crippen LogP contribution in [0.25, 0.3) is 21.8 Å². The monoisotopic (exact) mass is 360 g/mol. The summed E-state index contributed by atoms with van der Waals surface area (Å²) >= 11 is 0. The van der Waals surface area contributed by atoms with Crippen LogP contribution in [0.2, 0.25) is 0 Å². The van der Waals surface area contributed by atoms with Crippen LogP contribution in [-0.4, -0.2) is 10.3 Å². The highest BCUT2D eigenvalue weighted by molar-refractivity contribution is 6.17. The Bertz CT molecular complexity index is 1300. The predicted octanol–water partition coefficient (Wildman–Crippen LogP) is 6.50. The van der Waals surface area contributed by atoms with E-state index in [0.717, 1.165) is 22.5 Å². The lowest BCUT2D eigenvalue weighted by molar-refractivity contribution is 1.01. The van der Waals surface area contributed by atoms with Crippen molar-refractivity contribution in [3.05, 3.63) is 114 Å². The molecular formula is C26H20N2. The summed E-state index contributed by atoms with van der Waals surface area (Å²) in [6.45, 7) is 0. The number of hydrogen-bond acceptors (Lipinski definition) is 1. The fraction of sp³-hybridized carbons (Fsp3) is 0.0385. The van der Waals surface area contributed by atoms with Gasteiger partial charge in [0.05, 0.1) is 11.4 Å². The Kier molecular flexibility index (Phi) is 4.02.